The van der Waals surface area contributed by atoms with Crippen LogP contribution in [0.25, 0.3) is 6.08 Å². The molecule has 0 radical (unpaired) electrons. The molecule has 8 heteroatoms. The Morgan fingerprint density at radius 2 is 2.04 bits per heavy atom. The zero-order valence-electron chi connectivity index (χ0n) is 12.5. The molecule has 2 aromatic rings. The molecule has 24 heavy (non-hydrogen) atoms. The lowest BCUT2D eigenvalue weighted by atomic mass is 10.3. The maximum atomic E-state index is 12.2. The second-order valence-electron chi connectivity index (χ2n) is 5.39. The number of carbonyl (C=O) groups is 1. The summed E-state index contributed by atoms with van der Waals surface area (Å²) in [6.07, 6.45) is 4.88. The Bertz CT molecular complexity index is 886. The van der Waals surface area contributed by atoms with Crippen molar-refractivity contribution in [1.29, 1.82) is 0 Å². The zero-order valence-corrected chi connectivity index (χ0v) is 15.7. The van der Waals surface area contributed by atoms with Crippen molar-refractivity contribution >= 4 is 55.0 Å². The average Bonchev–Trinajstić information content (AvgIpc) is 3.23. The number of nitrogens with one attached hydrogen (secondary N) is 2. The highest BCUT2D eigenvalue weighted by atomic mass is 79.9. The van der Waals surface area contributed by atoms with Crippen LogP contribution in [0.1, 0.15) is 17.7 Å². The van der Waals surface area contributed by atoms with Crippen LogP contribution in [-0.2, 0) is 14.8 Å². The number of hydrogen-bond donors (Lipinski definition) is 2. The van der Waals surface area contributed by atoms with Gasteiger partial charge in [0.05, 0.1) is 8.68 Å². The third-order valence-corrected chi connectivity index (χ3v) is 6.41. The molecule has 0 saturated heterocycles. The van der Waals surface area contributed by atoms with Crippen LogP contribution >= 0.6 is 27.3 Å². The number of sulfonamides is 1. The van der Waals surface area contributed by atoms with Crippen LogP contribution in [0.2, 0.25) is 0 Å². The first-order valence-electron chi connectivity index (χ1n) is 7.29. The van der Waals surface area contributed by atoms with Crippen molar-refractivity contribution in [1.82, 2.24) is 4.72 Å². The first-order chi connectivity index (χ1) is 11.4. The van der Waals surface area contributed by atoms with Crippen LogP contribution in [0.15, 0.2) is 51.2 Å². The third-order valence-electron chi connectivity index (χ3n) is 3.30. The van der Waals surface area contributed by atoms with Gasteiger partial charge in [-0.05, 0) is 65.2 Å². The van der Waals surface area contributed by atoms with E-state index in [-0.39, 0.29) is 16.8 Å². The van der Waals surface area contributed by atoms with Crippen molar-refractivity contribution in [3.05, 3.63) is 51.1 Å². The molecule has 1 amide bonds. The molecule has 1 aromatic carbocycles. The minimum Gasteiger partial charge on any atom is -0.322 e. The van der Waals surface area contributed by atoms with Crippen LogP contribution in [0.5, 0.6) is 0 Å². The van der Waals surface area contributed by atoms with Crippen molar-refractivity contribution in [2.45, 2.75) is 23.8 Å². The van der Waals surface area contributed by atoms with Crippen molar-refractivity contribution < 1.29 is 13.2 Å². The Balaban J connectivity index is 1.67. The summed E-state index contributed by atoms with van der Waals surface area (Å²) in [4.78, 5) is 13.1. The number of halogens is 1. The summed E-state index contributed by atoms with van der Waals surface area (Å²) in [6.45, 7) is 0. The fraction of sp³-hybridized carbons (Fsp3) is 0.188. The summed E-state index contributed by atoms with van der Waals surface area (Å²) in [5, 5.41) is 2.68. The van der Waals surface area contributed by atoms with Gasteiger partial charge >= 0.3 is 0 Å². The van der Waals surface area contributed by atoms with Gasteiger partial charge in [0, 0.05) is 22.7 Å². The monoisotopic (exact) mass is 426 g/mol. The fourth-order valence-corrected chi connectivity index (χ4v) is 4.67. The Labute approximate surface area is 153 Å². The van der Waals surface area contributed by atoms with Crippen molar-refractivity contribution in [3.63, 3.8) is 0 Å². The summed E-state index contributed by atoms with van der Waals surface area (Å²) in [5.41, 5.74) is 0.440. The number of rotatable bonds is 6. The van der Waals surface area contributed by atoms with E-state index >= 15 is 0 Å². The van der Waals surface area contributed by atoms with E-state index in [9.17, 15) is 13.2 Å². The Morgan fingerprint density at radius 3 is 2.71 bits per heavy atom. The van der Waals surface area contributed by atoms with Crippen molar-refractivity contribution in [2.24, 2.45) is 0 Å². The smallest absolute Gasteiger partial charge is 0.248 e. The number of anilines is 1. The van der Waals surface area contributed by atoms with Gasteiger partial charge < -0.3 is 5.32 Å². The van der Waals surface area contributed by atoms with Crippen molar-refractivity contribution in [3.8, 4) is 0 Å². The summed E-state index contributed by atoms with van der Waals surface area (Å²) in [7, 11) is -3.53. The molecular formula is C16H15BrN2O3S2. The topological polar surface area (TPSA) is 75.3 Å². The molecule has 1 heterocycles. The van der Waals surface area contributed by atoms with E-state index in [0.29, 0.717) is 5.69 Å². The van der Waals surface area contributed by atoms with E-state index in [4.69, 9.17) is 0 Å². The molecule has 1 saturated carbocycles. The van der Waals surface area contributed by atoms with Gasteiger partial charge in [0.1, 0.15) is 0 Å². The number of carbonyl (C=O) groups excluding carboxylic acids is 1. The normalized spacial score (nSPS) is 14.9. The minimum absolute atomic E-state index is 0.0429. The van der Waals surface area contributed by atoms with Gasteiger partial charge in [-0.25, -0.2) is 13.1 Å². The molecule has 0 atom stereocenters. The van der Waals surface area contributed by atoms with Crippen molar-refractivity contribution in [2.75, 3.05) is 5.32 Å². The number of amides is 1. The summed E-state index contributed by atoms with van der Waals surface area (Å²) >= 11 is 4.88. The highest BCUT2D eigenvalue weighted by Crippen LogP contribution is 2.24. The second-order valence-corrected chi connectivity index (χ2v) is 9.60. The molecule has 0 spiro atoms. The third kappa shape index (κ3) is 4.76. The largest absolute Gasteiger partial charge is 0.322 e. The molecule has 1 aliphatic carbocycles. The molecule has 0 aliphatic heterocycles. The first kappa shape index (κ1) is 17.3. The highest BCUT2D eigenvalue weighted by molar-refractivity contribution is 9.11. The predicted molar refractivity (Wildman–Crippen MR) is 99.5 cm³/mol. The van der Waals surface area contributed by atoms with Gasteiger partial charge in [-0.2, -0.15) is 0 Å². The van der Waals surface area contributed by atoms with E-state index in [0.717, 1.165) is 21.5 Å². The van der Waals surface area contributed by atoms with E-state index in [1.54, 1.807) is 18.2 Å². The molecule has 1 fully saturated rings. The maximum absolute atomic E-state index is 12.2. The molecule has 1 aromatic heterocycles. The van der Waals surface area contributed by atoms with E-state index in [1.165, 1.54) is 29.5 Å². The number of benzene rings is 1. The van der Waals surface area contributed by atoms with Crippen LogP contribution < -0.4 is 10.0 Å². The zero-order chi connectivity index (χ0) is 17.2. The standard InChI is InChI=1S/C16H15BrN2O3S2/c17-15-8-6-13(23-15)7-9-16(20)18-12-2-1-3-14(10-12)24(21,22)19-11-4-5-11/h1-3,6-11,19H,4-5H2,(H,18,20). The highest BCUT2D eigenvalue weighted by Gasteiger charge is 2.28. The predicted octanol–water partition coefficient (Wildman–Crippen LogP) is 3.60. The molecule has 126 valence electrons. The molecule has 0 bridgehead atoms. The van der Waals surface area contributed by atoms with E-state index < -0.39 is 10.0 Å². The lowest BCUT2D eigenvalue weighted by Crippen LogP contribution is -2.25. The minimum atomic E-state index is -3.53. The fourth-order valence-electron chi connectivity index (χ4n) is 1.99. The first-order valence-corrected chi connectivity index (χ1v) is 10.4. The molecule has 3 rings (SSSR count). The van der Waals surface area contributed by atoms with Crippen LogP contribution in [0, 0.1) is 0 Å². The van der Waals surface area contributed by atoms with Gasteiger partial charge in [-0.15, -0.1) is 11.3 Å². The summed E-state index contributed by atoms with van der Waals surface area (Å²) in [6, 6.07) is 10.1. The molecule has 0 unspecified atom stereocenters. The average molecular weight is 427 g/mol. The lowest BCUT2D eigenvalue weighted by molar-refractivity contribution is -0.111. The lowest BCUT2D eigenvalue weighted by Gasteiger charge is -2.08. The van der Waals surface area contributed by atoms with Gasteiger partial charge in [-0.1, -0.05) is 6.07 Å². The number of thiophene rings is 1. The summed E-state index contributed by atoms with van der Waals surface area (Å²) < 4.78 is 28.0. The molecule has 2 N–H and O–H groups in total. The van der Waals surface area contributed by atoms with E-state index in [1.807, 2.05) is 12.1 Å². The molecule has 5 nitrogen and oxygen atoms in total. The second kappa shape index (κ2) is 7.18. The van der Waals surface area contributed by atoms with Gasteiger partial charge in [-0.3, -0.25) is 4.79 Å². The quantitative estimate of drug-likeness (QED) is 0.692. The summed E-state index contributed by atoms with van der Waals surface area (Å²) in [5.74, 6) is -0.316. The Morgan fingerprint density at radius 1 is 1.25 bits per heavy atom. The maximum Gasteiger partial charge on any atom is 0.248 e. The van der Waals surface area contributed by atoms with Crippen LogP contribution in [0.3, 0.4) is 0 Å². The number of hydrogen-bond acceptors (Lipinski definition) is 4. The van der Waals surface area contributed by atoms with Gasteiger partial charge in [0.15, 0.2) is 0 Å². The molecule has 1 aliphatic rings. The van der Waals surface area contributed by atoms with Gasteiger partial charge in [0.25, 0.3) is 0 Å². The van der Waals surface area contributed by atoms with Gasteiger partial charge in [0.2, 0.25) is 15.9 Å². The SMILES string of the molecule is O=C(C=Cc1ccc(Br)s1)Nc1cccc(S(=O)(=O)NC2CC2)c1. The van der Waals surface area contributed by atoms with E-state index in [2.05, 4.69) is 26.0 Å². The molecular weight excluding hydrogens is 412 g/mol. The Hall–Kier alpha value is -1.48. The van der Waals surface area contributed by atoms with Crippen LogP contribution in [0.4, 0.5) is 5.69 Å². The Kier molecular flexibility index (Phi) is 5.19. The van der Waals surface area contributed by atoms with Crippen LogP contribution in [-0.4, -0.2) is 20.4 Å².